The molecule has 0 aliphatic rings. The zero-order valence-electron chi connectivity index (χ0n) is 22.4. The lowest BCUT2D eigenvalue weighted by Crippen LogP contribution is -2.58. The van der Waals surface area contributed by atoms with E-state index in [0.29, 0.717) is 33.9 Å². The number of carbonyl (C=O) groups is 1. The molecule has 0 bridgehead atoms. The minimum Gasteiger partial charge on any atom is -0.465 e. The van der Waals surface area contributed by atoms with Crippen LogP contribution < -0.4 is 4.72 Å². The average molecular weight is 601 g/mol. The van der Waals surface area contributed by atoms with Gasteiger partial charge in [-0.1, -0.05) is 69.8 Å². The van der Waals surface area contributed by atoms with Gasteiger partial charge in [0.2, 0.25) is 0 Å². The second kappa shape index (κ2) is 12.8. The Kier molecular flexibility index (Phi) is 10.2. The first-order valence-electron chi connectivity index (χ1n) is 12.7. The molecule has 1 unspecified atom stereocenters. The maximum atomic E-state index is 12.8. The molecule has 13 heteroatoms. The first-order chi connectivity index (χ1) is 18.3. The van der Waals surface area contributed by atoms with Gasteiger partial charge >= 0.3 is 6.09 Å². The highest BCUT2D eigenvalue weighted by atomic mass is 35.5. The number of imidazole rings is 1. The molecule has 39 heavy (non-hydrogen) atoms. The van der Waals surface area contributed by atoms with Gasteiger partial charge in [0, 0.05) is 19.3 Å². The standard InChI is InChI=1S/C26H35Cl2N5O5S/c1-5-6-9-20(22(34)14-31-39(37,38)24-10-7-8-11-29-24)33(25(35)36)23(26(2,3)4)15-32-16-30-19-12-17(27)18(28)13-21(19)32/h7-8,10-13,16,20,22-23,31,34H,5-6,9,14-15H2,1-4H3,(H,35,36)/t20-,22-,23?/m0/s1. The second-order valence-corrected chi connectivity index (χ2v) is 13.0. The van der Waals surface area contributed by atoms with Crippen LogP contribution in [0, 0.1) is 5.41 Å². The number of nitrogens with zero attached hydrogens (tertiary/aromatic N) is 4. The summed E-state index contributed by atoms with van der Waals surface area (Å²) >= 11 is 12.4. The van der Waals surface area contributed by atoms with Gasteiger partial charge in [-0.2, -0.15) is 0 Å². The third kappa shape index (κ3) is 7.61. The van der Waals surface area contributed by atoms with E-state index in [9.17, 15) is 23.4 Å². The fourth-order valence-electron chi connectivity index (χ4n) is 4.51. The second-order valence-electron chi connectivity index (χ2n) is 10.5. The number of pyridine rings is 1. The summed E-state index contributed by atoms with van der Waals surface area (Å²) in [6.07, 6.45) is 2.18. The van der Waals surface area contributed by atoms with Crippen molar-refractivity contribution >= 4 is 50.4 Å². The van der Waals surface area contributed by atoms with E-state index in [1.807, 2.05) is 32.3 Å². The summed E-state index contributed by atoms with van der Waals surface area (Å²) in [4.78, 5) is 22.3. The number of carboxylic acid groups (broad SMARTS) is 1. The van der Waals surface area contributed by atoms with Crippen LogP contribution in [0.4, 0.5) is 4.79 Å². The van der Waals surface area contributed by atoms with Crippen molar-refractivity contribution in [2.24, 2.45) is 5.41 Å². The third-order valence-electron chi connectivity index (χ3n) is 6.64. The number of rotatable bonds is 12. The van der Waals surface area contributed by atoms with Crippen LogP contribution in [-0.2, 0) is 16.6 Å². The molecule has 0 saturated carbocycles. The normalized spacial score (nSPS) is 14.7. The predicted molar refractivity (Wildman–Crippen MR) is 152 cm³/mol. The van der Waals surface area contributed by atoms with E-state index >= 15 is 0 Å². The topological polar surface area (TPSA) is 138 Å². The number of sulfonamides is 1. The smallest absolute Gasteiger partial charge is 0.407 e. The molecule has 0 radical (unpaired) electrons. The Hall–Kier alpha value is -2.44. The Morgan fingerprint density at radius 2 is 1.87 bits per heavy atom. The summed E-state index contributed by atoms with van der Waals surface area (Å²) in [5.74, 6) is 0. The summed E-state index contributed by atoms with van der Waals surface area (Å²) in [5, 5.41) is 22.2. The molecule has 0 aliphatic heterocycles. The SMILES string of the molecule is CCCC[C@@H]([C@@H](O)CNS(=O)(=O)c1ccccn1)N(C(=O)O)C(Cn1cnc2cc(Cl)c(Cl)cc21)C(C)(C)C. The number of benzene rings is 1. The number of amides is 1. The molecule has 0 fully saturated rings. The number of hydrogen-bond acceptors (Lipinski definition) is 6. The van der Waals surface area contributed by atoms with Crippen molar-refractivity contribution < 1.29 is 23.4 Å². The molecule has 0 saturated heterocycles. The van der Waals surface area contributed by atoms with Gasteiger partial charge in [0.05, 0.1) is 45.6 Å². The van der Waals surface area contributed by atoms with Crippen LogP contribution in [0.1, 0.15) is 47.0 Å². The maximum Gasteiger partial charge on any atom is 0.407 e. The van der Waals surface area contributed by atoms with Gasteiger partial charge in [-0.15, -0.1) is 0 Å². The number of halogens is 2. The molecule has 0 spiro atoms. The molecule has 214 valence electrons. The van der Waals surface area contributed by atoms with E-state index in [0.717, 1.165) is 6.42 Å². The number of aliphatic hydroxyl groups is 1. The van der Waals surface area contributed by atoms with Crippen LogP contribution >= 0.6 is 23.2 Å². The number of hydrogen-bond donors (Lipinski definition) is 3. The van der Waals surface area contributed by atoms with Crippen LogP contribution in [0.2, 0.25) is 10.0 Å². The largest absolute Gasteiger partial charge is 0.465 e. The van der Waals surface area contributed by atoms with Crippen molar-refractivity contribution in [1.29, 1.82) is 0 Å². The molecule has 3 atom stereocenters. The van der Waals surface area contributed by atoms with Crippen molar-refractivity contribution in [3.63, 3.8) is 0 Å². The highest BCUT2D eigenvalue weighted by Gasteiger charge is 2.41. The molecule has 3 rings (SSSR count). The van der Waals surface area contributed by atoms with Gasteiger partial charge < -0.3 is 14.8 Å². The van der Waals surface area contributed by atoms with Gasteiger partial charge in [-0.25, -0.2) is 27.9 Å². The van der Waals surface area contributed by atoms with Gasteiger partial charge in [-0.05, 0) is 36.1 Å². The summed E-state index contributed by atoms with van der Waals surface area (Å²) in [5.41, 5.74) is 0.742. The van der Waals surface area contributed by atoms with Crippen LogP contribution in [0.3, 0.4) is 0 Å². The number of nitrogens with one attached hydrogen (secondary N) is 1. The Morgan fingerprint density at radius 1 is 1.18 bits per heavy atom. The Balaban J connectivity index is 1.95. The monoisotopic (exact) mass is 599 g/mol. The number of unbranched alkanes of at least 4 members (excludes halogenated alkanes) is 1. The highest BCUT2D eigenvalue weighted by molar-refractivity contribution is 7.89. The fraction of sp³-hybridized carbons (Fsp3) is 0.500. The minimum atomic E-state index is -4.00. The van der Waals surface area contributed by atoms with Gasteiger partial charge in [0.25, 0.3) is 10.0 Å². The molecule has 0 aliphatic carbocycles. The van der Waals surface area contributed by atoms with Crippen molar-refractivity contribution in [3.8, 4) is 0 Å². The highest BCUT2D eigenvalue weighted by Crippen LogP contribution is 2.32. The third-order valence-corrected chi connectivity index (χ3v) is 8.70. The van der Waals surface area contributed by atoms with Gasteiger partial charge in [0.15, 0.2) is 5.03 Å². The van der Waals surface area contributed by atoms with E-state index in [1.165, 1.54) is 17.2 Å². The fourth-order valence-corrected chi connectivity index (χ4v) is 5.82. The van der Waals surface area contributed by atoms with E-state index in [4.69, 9.17) is 23.2 Å². The lowest BCUT2D eigenvalue weighted by atomic mass is 9.83. The Bertz CT molecular complexity index is 1380. The van der Waals surface area contributed by atoms with Gasteiger partial charge in [0.1, 0.15) is 0 Å². The van der Waals surface area contributed by atoms with E-state index in [1.54, 1.807) is 30.6 Å². The molecule has 3 N–H and O–H groups in total. The number of fused-ring (bicyclic) bond motifs is 1. The molecule has 1 amide bonds. The van der Waals surface area contributed by atoms with Crippen LogP contribution in [0.25, 0.3) is 11.0 Å². The van der Waals surface area contributed by atoms with Crippen LogP contribution in [0.5, 0.6) is 0 Å². The first kappa shape index (κ1) is 31.1. The average Bonchev–Trinajstić information content (AvgIpc) is 3.25. The van der Waals surface area contributed by atoms with Crippen LogP contribution in [-0.4, -0.2) is 68.9 Å². The zero-order valence-corrected chi connectivity index (χ0v) is 24.7. The Labute approximate surface area is 239 Å². The van der Waals surface area contributed by atoms with Crippen molar-refractivity contribution in [2.45, 2.75) is 76.7 Å². The minimum absolute atomic E-state index is 0.185. The summed E-state index contributed by atoms with van der Waals surface area (Å²) in [6.45, 7) is 7.57. The van der Waals surface area contributed by atoms with Crippen molar-refractivity contribution in [2.75, 3.05) is 6.54 Å². The quantitative estimate of drug-likeness (QED) is 0.265. The molecular weight excluding hydrogens is 565 g/mol. The predicted octanol–water partition coefficient (Wildman–Crippen LogP) is 5.03. The van der Waals surface area contributed by atoms with Crippen LogP contribution in [0.15, 0.2) is 47.9 Å². The number of aliphatic hydroxyl groups excluding tert-OH is 1. The van der Waals surface area contributed by atoms with Gasteiger partial charge in [-0.3, -0.25) is 4.90 Å². The van der Waals surface area contributed by atoms with E-state index in [-0.39, 0.29) is 18.1 Å². The summed E-state index contributed by atoms with van der Waals surface area (Å²) < 4.78 is 29.6. The van der Waals surface area contributed by atoms with Crippen molar-refractivity contribution in [1.82, 2.24) is 24.2 Å². The maximum absolute atomic E-state index is 12.8. The molecular formula is C26H35Cl2N5O5S. The molecule has 3 aromatic rings. The Morgan fingerprint density at radius 3 is 2.46 bits per heavy atom. The molecule has 2 heterocycles. The number of aromatic nitrogens is 3. The zero-order chi connectivity index (χ0) is 29.0. The first-order valence-corrected chi connectivity index (χ1v) is 14.9. The summed E-state index contributed by atoms with van der Waals surface area (Å²) in [7, 11) is -4.00. The molecule has 1 aromatic carbocycles. The lowest BCUT2D eigenvalue weighted by Gasteiger charge is -2.44. The molecule has 10 nitrogen and oxygen atoms in total. The van der Waals surface area contributed by atoms with E-state index in [2.05, 4.69) is 14.7 Å². The van der Waals surface area contributed by atoms with Crippen molar-refractivity contribution in [3.05, 3.63) is 52.9 Å². The lowest BCUT2D eigenvalue weighted by molar-refractivity contribution is -0.00666. The molecule has 2 aromatic heterocycles. The summed E-state index contributed by atoms with van der Waals surface area (Å²) in [6, 6.07) is 6.32. The van der Waals surface area contributed by atoms with E-state index < -0.39 is 39.7 Å².